The fraction of sp³-hybridized carbons (Fsp3) is 0.333. The highest BCUT2D eigenvalue weighted by atomic mass is 19.4. The van der Waals surface area contributed by atoms with Crippen molar-refractivity contribution in [2.45, 2.75) is 19.0 Å². The van der Waals surface area contributed by atoms with Crippen LogP contribution in [0.2, 0.25) is 0 Å². The van der Waals surface area contributed by atoms with E-state index in [1.807, 2.05) is 6.07 Å². The third kappa shape index (κ3) is 4.55. The van der Waals surface area contributed by atoms with Gasteiger partial charge in [-0.25, -0.2) is 4.98 Å². The van der Waals surface area contributed by atoms with Crippen LogP contribution < -0.4 is 0 Å². The Morgan fingerprint density at radius 3 is 2.50 bits per heavy atom. The van der Waals surface area contributed by atoms with Gasteiger partial charge >= 0.3 is 6.18 Å². The molecule has 0 saturated carbocycles. The predicted octanol–water partition coefficient (Wildman–Crippen LogP) is 4.92. The standard InChI is InChI=1S/C24H24F3N3O2/c1-32-16-17-12-14-29(15-13-17)22(31)11-10-19-23(18-6-3-2-4-7-18)28-21-9-5-8-20(30(19)21)24(25,26)27/h2-11,17H,12-16H2,1H3/b11-10+. The van der Waals surface area contributed by atoms with Gasteiger partial charge in [-0.05, 0) is 37.0 Å². The number of hydrogen-bond acceptors (Lipinski definition) is 3. The number of alkyl halides is 3. The van der Waals surface area contributed by atoms with Gasteiger partial charge < -0.3 is 9.64 Å². The minimum Gasteiger partial charge on any atom is -0.384 e. The van der Waals surface area contributed by atoms with Gasteiger partial charge in [-0.2, -0.15) is 13.2 Å². The van der Waals surface area contributed by atoms with Crippen LogP contribution in [0.15, 0.2) is 54.6 Å². The zero-order chi connectivity index (χ0) is 22.7. The molecule has 0 aliphatic carbocycles. The van der Waals surface area contributed by atoms with Gasteiger partial charge in [-0.1, -0.05) is 36.4 Å². The van der Waals surface area contributed by atoms with Crippen molar-refractivity contribution in [3.63, 3.8) is 0 Å². The van der Waals surface area contributed by atoms with Gasteiger partial charge in [0.05, 0.1) is 11.4 Å². The summed E-state index contributed by atoms with van der Waals surface area (Å²) >= 11 is 0. The first-order valence-electron chi connectivity index (χ1n) is 10.5. The molecule has 4 rings (SSSR count). The fourth-order valence-electron chi connectivity index (χ4n) is 4.11. The second kappa shape index (κ2) is 9.16. The summed E-state index contributed by atoms with van der Waals surface area (Å²) in [5.74, 6) is 0.199. The van der Waals surface area contributed by atoms with E-state index in [0.29, 0.717) is 36.9 Å². The lowest BCUT2D eigenvalue weighted by Crippen LogP contribution is -2.38. The molecule has 168 valence electrons. The summed E-state index contributed by atoms with van der Waals surface area (Å²) in [6, 6.07) is 12.9. The molecule has 0 radical (unpaired) electrons. The van der Waals surface area contributed by atoms with Gasteiger partial charge in [0.1, 0.15) is 11.3 Å². The van der Waals surface area contributed by atoms with E-state index in [2.05, 4.69) is 4.98 Å². The van der Waals surface area contributed by atoms with E-state index in [-0.39, 0.29) is 17.2 Å². The van der Waals surface area contributed by atoms with Crippen molar-refractivity contribution >= 4 is 17.6 Å². The molecule has 1 saturated heterocycles. The second-order valence-electron chi connectivity index (χ2n) is 7.87. The van der Waals surface area contributed by atoms with Crippen molar-refractivity contribution in [1.29, 1.82) is 0 Å². The monoisotopic (exact) mass is 443 g/mol. The van der Waals surface area contributed by atoms with Crippen LogP contribution in [0.3, 0.4) is 0 Å². The number of methoxy groups -OCH3 is 1. The molecule has 2 aromatic heterocycles. The lowest BCUT2D eigenvalue weighted by molar-refractivity contribution is -0.142. The SMILES string of the molecule is COCC1CCN(C(=O)/C=C/c2c(-c3ccccc3)nc3cccc(C(F)(F)F)n23)CC1. The number of imidazole rings is 1. The number of pyridine rings is 1. The first-order chi connectivity index (χ1) is 15.4. The number of fused-ring (bicyclic) bond motifs is 1. The Morgan fingerprint density at radius 1 is 1.12 bits per heavy atom. The highest BCUT2D eigenvalue weighted by Gasteiger charge is 2.34. The zero-order valence-electron chi connectivity index (χ0n) is 17.7. The van der Waals surface area contributed by atoms with E-state index < -0.39 is 11.9 Å². The third-order valence-electron chi connectivity index (χ3n) is 5.73. The number of likely N-dealkylation sites (tertiary alicyclic amines) is 1. The van der Waals surface area contributed by atoms with E-state index in [4.69, 9.17) is 4.74 Å². The molecule has 0 spiro atoms. The average molecular weight is 443 g/mol. The van der Waals surface area contributed by atoms with Crippen LogP contribution in [0.1, 0.15) is 24.2 Å². The van der Waals surface area contributed by atoms with Gasteiger partial charge in [0, 0.05) is 38.4 Å². The predicted molar refractivity (Wildman–Crippen MR) is 116 cm³/mol. The number of halogens is 3. The Kier molecular flexibility index (Phi) is 6.32. The topological polar surface area (TPSA) is 46.8 Å². The quantitative estimate of drug-likeness (QED) is 0.526. The maximum atomic E-state index is 13.7. The average Bonchev–Trinajstić information content (AvgIpc) is 3.17. The summed E-state index contributed by atoms with van der Waals surface area (Å²) in [6.07, 6.45) is -0.0854. The smallest absolute Gasteiger partial charge is 0.384 e. The number of hydrogen-bond donors (Lipinski definition) is 0. The van der Waals surface area contributed by atoms with Crippen molar-refractivity contribution in [1.82, 2.24) is 14.3 Å². The van der Waals surface area contributed by atoms with E-state index in [0.717, 1.165) is 23.3 Å². The number of ether oxygens (including phenoxy) is 1. The highest BCUT2D eigenvalue weighted by molar-refractivity contribution is 5.93. The molecule has 0 bridgehead atoms. The zero-order valence-corrected chi connectivity index (χ0v) is 17.7. The van der Waals surface area contributed by atoms with Gasteiger partial charge in [-0.15, -0.1) is 0 Å². The second-order valence-corrected chi connectivity index (χ2v) is 7.87. The van der Waals surface area contributed by atoms with E-state index in [1.54, 1.807) is 36.3 Å². The minimum atomic E-state index is -4.57. The number of rotatable bonds is 5. The summed E-state index contributed by atoms with van der Waals surface area (Å²) in [5, 5.41) is 0. The Hall–Kier alpha value is -3.13. The van der Waals surface area contributed by atoms with Crippen LogP contribution in [0.4, 0.5) is 13.2 Å². The number of carbonyl (C=O) groups excluding carboxylic acids is 1. The number of carbonyl (C=O) groups is 1. The molecule has 32 heavy (non-hydrogen) atoms. The molecule has 1 aliphatic rings. The molecule has 3 heterocycles. The summed E-state index contributed by atoms with van der Waals surface area (Å²) in [6.45, 7) is 1.87. The third-order valence-corrected chi connectivity index (χ3v) is 5.73. The molecule has 0 atom stereocenters. The van der Waals surface area contributed by atoms with Crippen LogP contribution in [-0.4, -0.2) is 47.0 Å². The molecule has 5 nitrogen and oxygen atoms in total. The lowest BCUT2D eigenvalue weighted by atomic mass is 9.98. The molecule has 8 heteroatoms. The molecule has 1 aromatic carbocycles. The Morgan fingerprint density at radius 2 is 1.84 bits per heavy atom. The van der Waals surface area contributed by atoms with Crippen molar-refractivity contribution in [3.8, 4) is 11.3 Å². The lowest BCUT2D eigenvalue weighted by Gasteiger charge is -2.30. The van der Waals surface area contributed by atoms with Crippen molar-refractivity contribution < 1.29 is 22.7 Å². The maximum absolute atomic E-state index is 13.7. The summed E-state index contributed by atoms with van der Waals surface area (Å²) in [7, 11) is 1.66. The number of piperidine rings is 1. The summed E-state index contributed by atoms with van der Waals surface area (Å²) < 4.78 is 47.5. The van der Waals surface area contributed by atoms with E-state index in [9.17, 15) is 18.0 Å². The van der Waals surface area contributed by atoms with Gasteiger partial charge in [-0.3, -0.25) is 9.20 Å². The maximum Gasteiger partial charge on any atom is 0.431 e. The van der Waals surface area contributed by atoms with E-state index >= 15 is 0 Å². The van der Waals surface area contributed by atoms with Gasteiger partial charge in [0.25, 0.3) is 0 Å². The molecular weight excluding hydrogens is 419 g/mol. The molecule has 0 N–H and O–H groups in total. The van der Waals surface area contributed by atoms with Crippen LogP contribution in [-0.2, 0) is 15.7 Å². The van der Waals surface area contributed by atoms with Crippen molar-refractivity contribution in [2.75, 3.05) is 26.8 Å². The van der Waals surface area contributed by atoms with E-state index in [1.165, 1.54) is 24.3 Å². The fourth-order valence-corrected chi connectivity index (χ4v) is 4.11. The summed E-state index contributed by atoms with van der Waals surface area (Å²) in [5.41, 5.74) is 0.631. The number of amides is 1. The van der Waals surface area contributed by atoms with Crippen LogP contribution in [0.5, 0.6) is 0 Å². The van der Waals surface area contributed by atoms with Gasteiger partial charge in [0.2, 0.25) is 5.91 Å². The molecule has 1 fully saturated rings. The van der Waals surface area contributed by atoms with Crippen LogP contribution in [0.25, 0.3) is 23.0 Å². The first-order valence-corrected chi connectivity index (χ1v) is 10.5. The summed E-state index contributed by atoms with van der Waals surface area (Å²) in [4.78, 5) is 19.0. The minimum absolute atomic E-state index is 0.172. The normalized spacial score (nSPS) is 15.7. The van der Waals surface area contributed by atoms with Crippen molar-refractivity contribution in [2.24, 2.45) is 5.92 Å². The van der Waals surface area contributed by atoms with Gasteiger partial charge in [0.15, 0.2) is 0 Å². The Labute approximate surface area is 184 Å². The highest BCUT2D eigenvalue weighted by Crippen LogP contribution is 2.34. The van der Waals surface area contributed by atoms with Crippen molar-refractivity contribution in [3.05, 3.63) is 66.0 Å². The van der Waals surface area contributed by atoms with Crippen LogP contribution in [0, 0.1) is 5.92 Å². The number of aromatic nitrogens is 2. The molecule has 1 amide bonds. The largest absolute Gasteiger partial charge is 0.431 e. The molecule has 3 aromatic rings. The molecule has 1 aliphatic heterocycles. The Bertz CT molecular complexity index is 1110. The number of nitrogens with zero attached hydrogens (tertiary/aromatic N) is 3. The number of benzene rings is 1. The molecule has 0 unspecified atom stereocenters. The Balaban J connectivity index is 1.71. The van der Waals surface area contributed by atoms with Crippen LogP contribution >= 0.6 is 0 Å². The molecular formula is C24H24F3N3O2. The first kappa shape index (κ1) is 22.1.